The molecule has 0 unspecified atom stereocenters. The van der Waals surface area contributed by atoms with Crippen LogP contribution in [0, 0.1) is 5.92 Å². The molecule has 2 nitrogen and oxygen atoms in total. The fourth-order valence-electron chi connectivity index (χ4n) is 0.694. The first-order valence-electron chi connectivity index (χ1n) is 4.33. The lowest BCUT2D eigenvalue weighted by Gasteiger charge is -2.09. The molecule has 0 rings (SSSR count). The Kier molecular flexibility index (Phi) is 5.26. The zero-order valence-corrected chi connectivity index (χ0v) is 8.37. The van der Waals surface area contributed by atoms with Gasteiger partial charge in [-0.05, 0) is 25.8 Å². The summed E-state index contributed by atoms with van der Waals surface area (Å²) in [7, 11) is 0. The highest BCUT2D eigenvalue weighted by Gasteiger charge is 1.96. The molecular formula is C10H19NO. The van der Waals surface area contributed by atoms with Gasteiger partial charge in [-0.2, -0.15) is 0 Å². The smallest absolute Gasteiger partial charge is 0.134 e. The summed E-state index contributed by atoms with van der Waals surface area (Å²) in [6, 6.07) is 0. The molecule has 0 aliphatic rings. The summed E-state index contributed by atoms with van der Waals surface area (Å²) in [6.45, 7) is 8.18. The molecule has 0 saturated carbocycles. The second-order valence-corrected chi connectivity index (χ2v) is 3.34. The van der Waals surface area contributed by atoms with E-state index in [1.807, 2.05) is 19.9 Å². The number of allylic oxidation sites excluding steroid dienone is 2. The van der Waals surface area contributed by atoms with E-state index in [4.69, 9.17) is 10.5 Å². The summed E-state index contributed by atoms with van der Waals surface area (Å²) in [6.07, 6.45) is 5.63. The molecule has 0 radical (unpaired) electrons. The minimum Gasteiger partial charge on any atom is -0.490 e. The Morgan fingerprint density at radius 1 is 1.25 bits per heavy atom. The third-order valence-electron chi connectivity index (χ3n) is 1.18. The SMILES string of the molecule is CC(C)/C=C/C(=C\N)OC(C)C. The fraction of sp³-hybridized carbons (Fsp3) is 0.600. The normalized spacial score (nSPS) is 13.3. The number of hydrogen-bond donors (Lipinski definition) is 1. The summed E-state index contributed by atoms with van der Waals surface area (Å²) in [5.74, 6) is 1.26. The predicted molar refractivity (Wildman–Crippen MR) is 52.5 cm³/mol. The van der Waals surface area contributed by atoms with Crippen LogP contribution in [0.4, 0.5) is 0 Å². The van der Waals surface area contributed by atoms with Gasteiger partial charge >= 0.3 is 0 Å². The molecule has 0 amide bonds. The molecule has 0 saturated heterocycles. The molecule has 0 atom stereocenters. The molecule has 0 heterocycles. The average Bonchev–Trinajstić information content (AvgIpc) is 1.97. The van der Waals surface area contributed by atoms with Gasteiger partial charge in [0.05, 0.1) is 6.10 Å². The van der Waals surface area contributed by atoms with Gasteiger partial charge in [-0.1, -0.05) is 19.9 Å². The zero-order valence-electron chi connectivity index (χ0n) is 8.37. The molecule has 12 heavy (non-hydrogen) atoms. The Labute approximate surface area is 75.1 Å². The maximum Gasteiger partial charge on any atom is 0.134 e. The van der Waals surface area contributed by atoms with Gasteiger partial charge in [0.15, 0.2) is 0 Å². The Hall–Kier alpha value is -0.920. The molecule has 0 aromatic carbocycles. The zero-order chi connectivity index (χ0) is 9.56. The van der Waals surface area contributed by atoms with Gasteiger partial charge in [-0.3, -0.25) is 0 Å². The van der Waals surface area contributed by atoms with Gasteiger partial charge in [0, 0.05) is 6.20 Å². The number of ether oxygens (including phenoxy) is 1. The van der Waals surface area contributed by atoms with Crippen LogP contribution in [0.25, 0.3) is 0 Å². The minimum absolute atomic E-state index is 0.177. The molecule has 0 aliphatic carbocycles. The van der Waals surface area contributed by atoms with Gasteiger partial charge in [-0.15, -0.1) is 0 Å². The summed E-state index contributed by atoms with van der Waals surface area (Å²) >= 11 is 0. The number of hydrogen-bond acceptors (Lipinski definition) is 2. The van der Waals surface area contributed by atoms with Gasteiger partial charge in [0.1, 0.15) is 5.76 Å². The first-order chi connectivity index (χ1) is 5.56. The molecular weight excluding hydrogens is 150 g/mol. The van der Waals surface area contributed by atoms with Crippen LogP contribution in [0.3, 0.4) is 0 Å². The van der Waals surface area contributed by atoms with E-state index in [9.17, 15) is 0 Å². The standard InChI is InChI=1S/C10H19NO/c1-8(2)5-6-10(7-11)12-9(3)4/h5-9H,11H2,1-4H3/b6-5+,10-7+. The van der Waals surface area contributed by atoms with Crippen molar-refractivity contribution in [2.45, 2.75) is 33.8 Å². The highest BCUT2D eigenvalue weighted by Crippen LogP contribution is 2.04. The molecule has 0 fully saturated rings. The summed E-state index contributed by atoms with van der Waals surface area (Å²) in [5.41, 5.74) is 5.37. The number of nitrogens with two attached hydrogens (primary N) is 1. The van der Waals surface area contributed by atoms with Gasteiger partial charge < -0.3 is 10.5 Å². The van der Waals surface area contributed by atoms with Crippen LogP contribution in [0.15, 0.2) is 24.1 Å². The third kappa shape index (κ3) is 5.83. The number of rotatable bonds is 4. The fourth-order valence-corrected chi connectivity index (χ4v) is 0.694. The molecule has 0 bridgehead atoms. The largest absolute Gasteiger partial charge is 0.490 e. The molecule has 0 spiro atoms. The topological polar surface area (TPSA) is 35.2 Å². The minimum atomic E-state index is 0.177. The second kappa shape index (κ2) is 5.70. The summed E-state index contributed by atoms with van der Waals surface area (Å²) < 4.78 is 5.40. The maximum absolute atomic E-state index is 5.40. The van der Waals surface area contributed by atoms with Gasteiger partial charge in [-0.25, -0.2) is 0 Å². The van der Waals surface area contributed by atoms with Crippen LogP contribution in [0.1, 0.15) is 27.7 Å². The highest BCUT2D eigenvalue weighted by atomic mass is 16.5. The van der Waals surface area contributed by atoms with Crippen molar-refractivity contribution in [3.63, 3.8) is 0 Å². The maximum atomic E-state index is 5.40. The van der Waals surface area contributed by atoms with E-state index in [1.165, 1.54) is 6.20 Å². The molecule has 0 aromatic rings. The Morgan fingerprint density at radius 2 is 1.83 bits per heavy atom. The van der Waals surface area contributed by atoms with Crippen molar-refractivity contribution >= 4 is 0 Å². The van der Waals surface area contributed by atoms with Crippen molar-refractivity contribution in [1.29, 1.82) is 0 Å². The first kappa shape index (κ1) is 11.1. The van der Waals surface area contributed by atoms with Crippen LogP contribution in [-0.2, 0) is 4.74 Å². The molecule has 0 aromatic heterocycles. The monoisotopic (exact) mass is 169 g/mol. The van der Waals surface area contributed by atoms with E-state index >= 15 is 0 Å². The van der Waals surface area contributed by atoms with E-state index in [1.54, 1.807) is 0 Å². The van der Waals surface area contributed by atoms with Gasteiger partial charge in [0.25, 0.3) is 0 Å². The van der Waals surface area contributed by atoms with E-state index in [0.29, 0.717) is 5.92 Å². The molecule has 2 heteroatoms. The van der Waals surface area contributed by atoms with E-state index in [-0.39, 0.29) is 6.10 Å². The summed E-state index contributed by atoms with van der Waals surface area (Å²) in [4.78, 5) is 0. The third-order valence-corrected chi connectivity index (χ3v) is 1.18. The van der Waals surface area contributed by atoms with Crippen molar-refractivity contribution in [2.24, 2.45) is 11.7 Å². The van der Waals surface area contributed by atoms with Crippen LogP contribution in [-0.4, -0.2) is 6.10 Å². The van der Waals surface area contributed by atoms with Crippen LogP contribution in [0.2, 0.25) is 0 Å². The van der Waals surface area contributed by atoms with Gasteiger partial charge in [0.2, 0.25) is 0 Å². The van der Waals surface area contributed by atoms with Crippen molar-refractivity contribution in [1.82, 2.24) is 0 Å². The van der Waals surface area contributed by atoms with Crippen molar-refractivity contribution < 1.29 is 4.74 Å². The summed E-state index contributed by atoms with van der Waals surface area (Å²) in [5, 5.41) is 0. The molecule has 2 N–H and O–H groups in total. The van der Waals surface area contributed by atoms with Crippen molar-refractivity contribution in [2.75, 3.05) is 0 Å². The quantitative estimate of drug-likeness (QED) is 0.518. The Bertz CT molecular complexity index is 169. The Morgan fingerprint density at radius 3 is 2.17 bits per heavy atom. The average molecular weight is 169 g/mol. The lowest BCUT2D eigenvalue weighted by molar-refractivity contribution is 0.157. The lowest BCUT2D eigenvalue weighted by atomic mass is 10.2. The van der Waals surface area contributed by atoms with E-state index < -0.39 is 0 Å². The van der Waals surface area contributed by atoms with Crippen molar-refractivity contribution in [3.05, 3.63) is 24.1 Å². The van der Waals surface area contributed by atoms with Crippen LogP contribution < -0.4 is 5.73 Å². The Balaban J connectivity index is 4.02. The molecule has 70 valence electrons. The lowest BCUT2D eigenvalue weighted by Crippen LogP contribution is -2.02. The van der Waals surface area contributed by atoms with Crippen LogP contribution in [0.5, 0.6) is 0 Å². The predicted octanol–water partition coefficient (Wildman–Crippen LogP) is 2.42. The second-order valence-electron chi connectivity index (χ2n) is 3.34. The highest BCUT2D eigenvalue weighted by molar-refractivity contribution is 5.11. The van der Waals surface area contributed by atoms with Crippen molar-refractivity contribution in [3.8, 4) is 0 Å². The first-order valence-corrected chi connectivity index (χ1v) is 4.33. The molecule has 0 aliphatic heterocycles. The van der Waals surface area contributed by atoms with E-state index in [2.05, 4.69) is 19.9 Å². The van der Waals surface area contributed by atoms with E-state index in [0.717, 1.165) is 5.76 Å². The van der Waals surface area contributed by atoms with Crippen LogP contribution >= 0.6 is 0 Å².